The lowest BCUT2D eigenvalue weighted by molar-refractivity contribution is -0.141. The molecule has 1 aromatic carbocycles. The predicted molar refractivity (Wildman–Crippen MR) is 133 cm³/mol. The van der Waals surface area contributed by atoms with Crippen molar-refractivity contribution in [3.05, 3.63) is 39.5 Å². The SMILES string of the molecule is COCCC(=O)N(C[C@H]1CCCO1)[C@@H]1CC(C(=O)NCCO)=C[C@H](Oc2ccccc2I)[C@H]1O. The van der Waals surface area contributed by atoms with Crippen LogP contribution in [-0.2, 0) is 19.1 Å². The molecule has 4 atom stereocenters. The fraction of sp³-hybridized carbons (Fsp3) is 0.583. The predicted octanol–water partition coefficient (Wildman–Crippen LogP) is 1.25. The van der Waals surface area contributed by atoms with Gasteiger partial charge in [0.25, 0.3) is 0 Å². The maximum Gasteiger partial charge on any atom is 0.247 e. The number of carbonyl (C=O) groups excluding carboxylic acids is 2. The van der Waals surface area contributed by atoms with Gasteiger partial charge in [-0.15, -0.1) is 0 Å². The van der Waals surface area contributed by atoms with Crippen LogP contribution in [0.2, 0.25) is 0 Å². The van der Waals surface area contributed by atoms with E-state index in [2.05, 4.69) is 27.9 Å². The molecule has 0 saturated carbocycles. The van der Waals surface area contributed by atoms with Crippen LogP contribution in [0.25, 0.3) is 0 Å². The van der Waals surface area contributed by atoms with Crippen molar-refractivity contribution in [2.75, 3.05) is 40.0 Å². The van der Waals surface area contributed by atoms with E-state index < -0.39 is 18.2 Å². The standard InChI is InChI=1S/C24H33IN2O7/c1-32-12-8-22(29)27(15-17-5-4-11-33-17)19-13-16(24(31)26-9-10-28)14-21(23(19)30)34-20-7-3-2-6-18(20)25/h2-3,6-7,14,17,19,21,23,28,30H,4-5,8-13,15H2,1H3,(H,26,31)/t17-,19-,21+,23+/m1/s1. The Balaban J connectivity index is 1.90. The number of para-hydroxylation sites is 1. The highest BCUT2D eigenvalue weighted by atomic mass is 127. The molecule has 1 aliphatic carbocycles. The average molecular weight is 588 g/mol. The first kappa shape index (κ1) is 26.9. The quantitative estimate of drug-likeness (QED) is 0.334. The second-order valence-electron chi connectivity index (χ2n) is 8.37. The van der Waals surface area contributed by atoms with Crippen LogP contribution in [0.4, 0.5) is 0 Å². The number of rotatable bonds is 11. The van der Waals surface area contributed by atoms with Gasteiger partial charge in [-0.3, -0.25) is 9.59 Å². The third-order valence-electron chi connectivity index (χ3n) is 5.98. The summed E-state index contributed by atoms with van der Waals surface area (Å²) in [6.07, 6.45) is 1.67. The first-order valence-corrected chi connectivity index (χ1v) is 12.6. The molecular formula is C24H33IN2O7. The van der Waals surface area contributed by atoms with Gasteiger partial charge in [-0.1, -0.05) is 12.1 Å². The maximum atomic E-state index is 13.2. The molecule has 9 nitrogen and oxygen atoms in total. The molecule has 1 fully saturated rings. The Labute approximate surface area is 213 Å². The molecule has 1 aliphatic heterocycles. The van der Waals surface area contributed by atoms with E-state index in [9.17, 15) is 14.7 Å². The van der Waals surface area contributed by atoms with Crippen molar-refractivity contribution in [1.82, 2.24) is 10.2 Å². The molecule has 1 heterocycles. The summed E-state index contributed by atoms with van der Waals surface area (Å²) in [4.78, 5) is 27.6. The van der Waals surface area contributed by atoms with E-state index in [-0.39, 0.29) is 50.5 Å². The number of amides is 2. The Morgan fingerprint density at radius 1 is 1.32 bits per heavy atom. The van der Waals surface area contributed by atoms with Gasteiger partial charge in [0.15, 0.2) is 0 Å². The summed E-state index contributed by atoms with van der Waals surface area (Å²) in [6, 6.07) is 6.72. The zero-order valence-corrected chi connectivity index (χ0v) is 21.5. The number of nitrogens with one attached hydrogen (secondary N) is 1. The Morgan fingerprint density at radius 2 is 2.12 bits per heavy atom. The molecule has 0 aromatic heterocycles. The minimum atomic E-state index is -1.06. The first-order chi connectivity index (χ1) is 16.4. The van der Waals surface area contributed by atoms with E-state index in [4.69, 9.17) is 19.3 Å². The van der Waals surface area contributed by atoms with Gasteiger partial charge in [-0.05, 0) is 53.6 Å². The zero-order valence-electron chi connectivity index (χ0n) is 19.3. The van der Waals surface area contributed by atoms with E-state index in [0.717, 1.165) is 16.4 Å². The van der Waals surface area contributed by atoms with Crippen LogP contribution in [0.5, 0.6) is 5.75 Å². The topological polar surface area (TPSA) is 118 Å². The summed E-state index contributed by atoms with van der Waals surface area (Å²) in [5.41, 5.74) is 0.400. The third kappa shape index (κ3) is 7.14. The number of ether oxygens (including phenoxy) is 3. The molecule has 34 heavy (non-hydrogen) atoms. The molecule has 0 bridgehead atoms. The summed E-state index contributed by atoms with van der Waals surface area (Å²) in [5, 5.41) is 23.1. The Morgan fingerprint density at radius 3 is 2.79 bits per heavy atom. The lowest BCUT2D eigenvalue weighted by Crippen LogP contribution is -2.56. The van der Waals surface area contributed by atoms with Crippen LogP contribution in [0.15, 0.2) is 35.9 Å². The molecule has 3 N–H and O–H groups in total. The van der Waals surface area contributed by atoms with E-state index in [1.807, 2.05) is 18.2 Å². The lowest BCUT2D eigenvalue weighted by Gasteiger charge is -2.41. The molecule has 3 rings (SSSR count). The Kier molecular flexibility index (Phi) is 10.6. The van der Waals surface area contributed by atoms with Crippen molar-refractivity contribution < 1.29 is 34.0 Å². The molecule has 2 amide bonds. The molecule has 188 valence electrons. The normalized spacial score (nSPS) is 24.4. The first-order valence-electron chi connectivity index (χ1n) is 11.5. The van der Waals surface area contributed by atoms with Crippen LogP contribution >= 0.6 is 22.6 Å². The average Bonchev–Trinajstić information content (AvgIpc) is 3.35. The molecule has 0 radical (unpaired) electrons. The largest absolute Gasteiger partial charge is 0.482 e. The summed E-state index contributed by atoms with van der Waals surface area (Å²) in [5.74, 6) is 0.0470. The highest BCUT2D eigenvalue weighted by molar-refractivity contribution is 14.1. The highest BCUT2D eigenvalue weighted by Crippen LogP contribution is 2.30. The van der Waals surface area contributed by atoms with Crippen molar-refractivity contribution >= 4 is 34.4 Å². The molecule has 0 unspecified atom stereocenters. The van der Waals surface area contributed by atoms with Gasteiger partial charge < -0.3 is 34.6 Å². The number of aliphatic hydroxyl groups is 2. The number of methoxy groups -OCH3 is 1. The minimum absolute atomic E-state index is 0.109. The third-order valence-corrected chi connectivity index (χ3v) is 6.87. The van der Waals surface area contributed by atoms with E-state index in [1.54, 1.807) is 17.0 Å². The molecule has 0 spiro atoms. The molecule has 10 heteroatoms. The van der Waals surface area contributed by atoms with E-state index >= 15 is 0 Å². The second-order valence-corrected chi connectivity index (χ2v) is 9.53. The van der Waals surface area contributed by atoms with Crippen molar-refractivity contribution in [1.29, 1.82) is 0 Å². The smallest absolute Gasteiger partial charge is 0.247 e. The zero-order chi connectivity index (χ0) is 24.5. The number of aliphatic hydroxyl groups excluding tert-OH is 2. The van der Waals surface area contributed by atoms with Crippen molar-refractivity contribution in [3.8, 4) is 5.75 Å². The van der Waals surface area contributed by atoms with Crippen LogP contribution < -0.4 is 10.1 Å². The molecule has 2 aliphatic rings. The second kappa shape index (κ2) is 13.4. The van der Waals surface area contributed by atoms with Crippen LogP contribution in [0, 0.1) is 3.57 Å². The highest BCUT2D eigenvalue weighted by Gasteiger charge is 2.41. The summed E-state index contributed by atoms with van der Waals surface area (Å²) in [6.45, 7) is 1.15. The van der Waals surface area contributed by atoms with Gasteiger partial charge >= 0.3 is 0 Å². The lowest BCUT2D eigenvalue weighted by atomic mass is 9.87. The van der Waals surface area contributed by atoms with E-state index in [0.29, 0.717) is 24.5 Å². The fourth-order valence-corrected chi connectivity index (χ4v) is 4.74. The number of nitrogens with zero attached hydrogens (tertiary/aromatic N) is 1. The van der Waals surface area contributed by atoms with Gasteiger partial charge in [0.05, 0.1) is 35.4 Å². The number of carbonyl (C=O) groups is 2. The van der Waals surface area contributed by atoms with Gasteiger partial charge in [-0.25, -0.2) is 0 Å². The van der Waals surface area contributed by atoms with Crippen molar-refractivity contribution in [3.63, 3.8) is 0 Å². The molecule has 1 aromatic rings. The van der Waals surface area contributed by atoms with Crippen LogP contribution in [0.3, 0.4) is 0 Å². The molecule has 1 saturated heterocycles. The summed E-state index contributed by atoms with van der Waals surface area (Å²) < 4.78 is 17.9. The number of hydrogen-bond donors (Lipinski definition) is 3. The van der Waals surface area contributed by atoms with Crippen molar-refractivity contribution in [2.45, 2.75) is 50.0 Å². The Bertz CT molecular complexity index is 859. The minimum Gasteiger partial charge on any atom is -0.482 e. The van der Waals surface area contributed by atoms with Gasteiger partial charge in [0, 0.05) is 38.8 Å². The number of hydrogen-bond acceptors (Lipinski definition) is 7. The van der Waals surface area contributed by atoms with Gasteiger partial charge in [-0.2, -0.15) is 0 Å². The van der Waals surface area contributed by atoms with Crippen LogP contribution in [0.1, 0.15) is 25.7 Å². The monoisotopic (exact) mass is 588 g/mol. The maximum absolute atomic E-state index is 13.2. The fourth-order valence-electron chi connectivity index (χ4n) is 4.23. The van der Waals surface area contributed by atoms with Crippen LogP contribution in [-0.4, -0.2) is 91.3 Å². The number of benzene rings is 1. The number of halogens is 1. The Hall–Kier alpha value is -1.73. The van der Waals surface area contributed by atoms with Crippen molar-refractivity contribution in [2.24, 2.45) is 0 Å². The van der Waals surface area contributed by atoms with Gasteiger partial charge in [0.2, 0.25) is 11.8 Å². The summed E-state index contributed by atoms with van der Waals surface area (Å²) in [7, 11) is 1.53. The molecular weight excluding hydrogens is 555 g/mol. The summed E-state index contributed by atoms with van der Waals surface area (Å²) >= 11 is 2.15. The van der Waals surface area contributed by atoms with Gasteiger partial charge in [0.1, 0.15) is 18.0 Å². The van der Waals surface area contributed by atoms with E-state index in [1.165, 1.54) is 7.11 Å².